The van der Waals surface area contributed by atoms with Crippen LogP contribution >= 0.6 is 0 Å². The number of aryl methyl sites for hydroxylation is 1. The third kappa shape index (κ3) is 2.90. The van der Waals surface area contributed by atoms with Gasteiger partial charge in [0.25, 0.3) is 0 Å². The molecule has 0 saturated heterocycles. The van der Waals surface area contributed by atoms with Gasteiger partial charge in [-0.1, -0.05) is 0 Å². The van der Waals surface area contributed by atoms with E-state index in [0.29, 0.717) is 17.1 Å². The lowest BCUT2D eigenvalue weighted by atomic mass is 10.2. The van der Waals surface area contributed by atoms with Crippen LogP contribution < -0.4 is 15.8 Å². The van der Waals surface area contributed by atoms with Crippen molar-refractivity contribution in [3.63, 3.8) is 0 Å². The molecule has 6 heteroatoms. The topological polar surface area (TPSA) is 82.2 Å². The predicted octanol–water partition coefficient (Wildman–Crippen LogP) is 1.98. The van der Waals surface area contributed by atoms with E-state index in [9.17, 15) is 4.79 Å². The summed E-state index contributed by atoms with van der Waals surface area (Å²) in [5.41, 5.74) is 7.90. The molecule has 1 atom stereocenters. The zero-order chi connectivity index (χ0) is 14.7. The summed E-state index contributed by atoms with van der Waals surface area (Å²) in [6.45, 7) is 3.71. The second-order valence-electron chi connectivity index (χ2n) is 4.62. The molecule has 0 saturated carbocycles. The maximum Gasteiger partial charge on any atom is 0.249 e. The number of hydrogen-bond donors (Lipinski definition) is 2. The highest BCUT2D eigenvalue weighted by Crippen LogP contribution is 2.24. The molecule has 0 aliphatic rings. The van der Waals surface area contributed by atoms with Crippen LogP contribution in [-0.2, 0) is 4.79 Å². The van der Waals surface area contributed by atoms with E-state index in [1.165, 1.54) is 0 Å². The van der Waals surface area contributed by atoms with Gasteiger partial charge in [-0.15, -0.1) is 0 Å². The number of carbonyl (C=O) groups is 1. The number of aromatic nitrogens is 2. The fourth-order valence-electron chi connectivity index (χ4n) is 1.78. The SMILES string of the molecule is COc1ccc(NC(=O)C(C)n2cc(C)cn2)c(N)c1. The molecule has 20 heavy (non-hydrogen) atoms. The summed E-state index contributed by atoms with van der Waals surface area (Å²) in [6, 6.07) is 4.71. The molecule has 1 heterocycles. The number of nitrogens with one attached hydrogen (secondary N) is 1. The van der Waals surface area contributed by atoms with Crippen LogP contribution in [0.5, 0.6) is 5.75 Å². The number of nitrogens with zero attached hydrogens (tertiary/aromatic N) is 2. The Balaban J connectivity index is 2.11. The number of nitrogen functional groups attached to an aromatic ring is 1. The van der Waals surface area contributed by atoms with Crippen LogP contribution in [0.15, 0.2) is 30.6 Å². The maximum absolute atomic E-state index is 12.2. The number of anilines is 2. The summed E-state index contributed by atoms with van der Waals surface area (Å²) in [5.74, 6) is 0.473. The Kier molecular flexibility index (Phi) is 3.93. The van der Waals surface area contributed by atoms with Gasteiger partial charge in [0.05, 0.1) is 24.7 Å². The van der Waals surface area contributed by atoms with E-state index in [2.05, 4.69) is 10.4 Å². The van der Waals surface area contributed by atoms with Crippen molar-refractivity contribution in [1.82, 2.24) is 9.78 Å². The number of nitrogens with two attached hydrogens (primary N) is 1. The minimum atomic E-state index is -0.412. The second-order valence-corrected chi connectivity index (χ2v) is 4.62. The molecule has 0 radical (unpaired) electrons. The largest absolute Gasteiger partial charge is 0.497 e. The van der Waals surface area contributed by atoms with Crippen molar-refractivity contribution in [1.29, 1.82) is 0 Å². The lowest BCUT2D eigenvalue weighted by Gasteiger charge is -2.14. The summed E-state index contributed by atoms with van der Waals surface area (Å²) in [6.07, 6.45) is 3.53. The molecule has 0 aliphatic carbocycles. The molecule has 1 amide bonds. The van der Waals surface area contributed by atoms with Crippen molar-refractivity contribution in [3.05, 3.63) is 36.2 Å². The van der Waals surface area contributed by atoms with Crippen molar-refractivity contribution in [2.75, 3.05) is 18.2 Å². The van der Waals surface area contributed by atoms with E-state index < -0.39 is 6.04 Å². The maximum atomic E-state index is 12.2. The summed E-state index contributed by atoms with van der Waals surface area (Å²) in [5, 5.41) is 6.92. The van der Waals surface area contributed by atoms with Crippen LogP contribution in [0.4, 0.5) is 11.4 Å². The van der Waals surface area contributed by atoms with Gasteiger partial charge in [0.1, 0.15) is 11.8 Å². The van der Waals surface area contributed by atoms with Crippen LogP contribution in [0.25, 0.3) is 0 Å². The molecule has 6 nitrogen and oxygen atoms in total. The quantitative estimate of drug-likeness (QED) is 0.835. The number of carbonyl (C=O) groups excluding carboxylic acids is 1. The van der Waals surface area contributed by atoms with Crippen molar-refractivity contribution in [2.45, 2.75) is 19.9 Å². The minimum Gasteiger partial charge on any atom is -0.497 e. The van der Waals surface area contributed by atoms with Gasteiger partial charge in [0.15, 0.2) is 0 Å². The number of benzene rings is 1. The normalized spacial score (nSPS) is 11.9. The molecule has 2 rings (SSSR count). The zero-order valence-electron chi connectivity index (χ0n) is 11.8. The molecular weight excluding hydrogens is 256 g/mol. The van der Waals surface area contributed by atoms with Crippen molar-refractivity contribution in [2.24, 2.45) is 0 Å². The van der Waals surface area contributed by atoms with Crippen LogP contribution in [0.2, 0.25) is 0 Å². The molecular formula is C14H18N4O2. The Morgan fingerprint density at radius 1 is 1.50 bits per heavy atom. The Morgan fingerprint density at radius 3 is 2.80 bits per heavy atom. The zero-order valence-corrected chi connectivity index (χ0v) is 11.8. The molecule has 2 aromatic rings. The van der Waals surface area contributed by atoms with Crippen LogP contribution in [0.1, 0.15) is 18.5 Å². The smallest absolute Gasteiger partial charge is 0.249 e. The molecule has 0 bridgehead atoms. The molecule has 1 unspecified atom stereocenters. The van der Waals surface area contributed by atoms with Gasteiger partial charge >= 0.3 is 0 Å². The Bertz CT molecular complexity index is 621. The van der Waals surface area contributed by atoms with E-state index in [1.54, 1.807) is 43.1 Å². The molecule has 1 aromatic carbocycles. The summed E-state index contributed by atoms with van der Waals surface area (Å²) < 4.78 is 6.68. The van der Waals surface area contributed by atoms with Gasteiger partial charge in [-0.25, -0.2) is 0 Å². The standard InChI is InChI=1S/C14H18N4O2/c1-9-7-16-18(8-9)10(2)14(19)17-13-5-4-11(20-3)6-12(13)15/h4-8,10H,15H2,1-3H3,(H,17,19). The average Bonchev–Trinajstić information content (AvgIpc) is 2.86. The fraction of sp³-hybridized carbons (Fsp3) is 0.286. The van der Waals surface area contributed by atoms with Gasteiger partial charge < -0.3 is 15.8 Å². The van der Waals surface area contributed by atoms with E-state index >= 15 is 0 Å². The van der Waals surface area contributed by atoms with Crippen molar-refractivity contribution in [3.8, 4) is 5.75 Å². The highest BCUT2D eigenvalue weighted by atomic mass is 16.5. The van der Waals surface area contributed by atoms with Crippen LogP contribution in [0.3, 0.4) is 0 Å². The monoisotopic (exact) mass is 274 g/mol. The summed E-state index contributed by atoms with van der Waals surface area (Å²) in [7, 11) is 1.56. The van der Waals surface area contributed by atoms with Gasteiger partial charge in [0.2, 0.25) is 5.91 Å². The van der Waals surface area contributed by atoms with E-state index in [-0.39, 0.29) is 5.91 Å². The Labute approximate surface area is 117 Å². The number of amides is 1. The van der Waals surface area contributed by atoms with Crippen LogP contribution in [0, 0.1) is 6.92 Å². The Morgan fingerprint density at radius 2 is 2.25 bits per heavy atom. The van der Waals surface area contributed by atoms with Crippen molar-refractivity contribution < 1.29 is 9.53 Å². The van der Waals surface area contributed by atoms with Crippen LogP contribution in [-0.4, -0.2) is 22.8 Å². The summed E-state index contributed by atoms with van der Waals surface area (Å²) >= 11 is 0. The lowest BCUT2D eigenvalue weighted by Crippen LogP contribution is -2.24. The first-order valence-electron chi connectivity index (χ1n) is 6.26. The highest BCUT2D eigenvalue weighted by molar-refractivity contribution is 5.96. The second kappa shape index (κ2) is 5.64. The molecule has 106 valence electrons. The third-order valence-corrected chi connectivity index (χ3v) is 3.02. The molecule has 1 aromatic heterocycles. The third-order valence-electron chi connectivity index (χ3n) is 3.02. The number of rotatable bonds is 4. The van der Waals surface area contributed by atoms with E-state index in [0.717, 1.165) is 5.56 Å². The minimum absolute atomic E-state index is 0.176. The highest BCUT2D eigenvalue weighted by Gasteiger charge is 2.16. The number of hydrogen-bond acceptors (Lipinski definition) is 4. The van der Waals surface area contributed by atoms with Crippen molar-refractivity contribution >= 4 is 17.3 Å². The molecule has 0 aliphatic heterocycles. The summed E-state index contributed by atoms with van der Waals surface area (Å²) in [4.78, 5) is 12.2. The predicted molar refractivity (Wildman–Crippen MR) is 77.7 cm³/mol. The Hall–Kier alpha value is -2.50. The average molecular weight is 274 g/mol. The van der Waals surface area contributed by atoms with Gasteiger partial charge in [-0.3, -0.25) is 9.48 Å². The molecule has 3 N–H and O–H groups in total. The number of ether oxygens (including phenoxy) is 1. The van der Waals surface area contributed by atoms with Gasteiger partial charge in [-0.05, 0) is 31.5 Å². The van der Waals surface area contributed by atoms with E-state index in [1.807, 2.05) is 13.1 Å². The molecule has 0 fully saturated rings. The molecule has 0 spiro atoms. The number of methoxy groups -OCH3 is 1. The first-order chi connectivity index (χ1) is 9.51. The lowest BCUT2D eigenvalue weighted by molar-refractivity contribution is -0.119. The van der Waals surface area contributed by atoms with E-state index in [4.69, 9.17) is 10.5 Å². The first-order valence-corrected chi connectivity index (χ1v) is 6.26. The van der Waals surface area contributed by atoms with Gasteiger partial charge in [-0.2, -0.15) is 5.10 Å². The first kappa shape index (κ1) is 13.9. The van der Waals surface area contributed by atoms with Gasteiger partial charge in [0, 0.05) is 12.3 Å². The fourth-order valence-corrected chi connectivity index (χ4v) is 1.78.